The summed E-state index contributed by atoms with van der Waals surface area (Å²) in [6.07, 6.45) is 6.56. The van der Waals surface area contributed by atoms with Crippen LogP contribution in [0.3, 0.4) is 0 Å². The fraction of sp³-hybridized carbons (Fsp3) is 0.625. The van der Waals surface area contributed by atoms with Crippen LogP contribution in [0.25, 0.3) is 0 Å². The van der Waals surface area contributed by atoms with Crippen molar-refractivity contribution in [2.24, 2.45) is 5.92 Å². The second-order valence-electron chi connectivity index (χ2n) is 5.38. The topological polar surface area (TPSA) is 21.3 Å². The van der Waals surface area contributed by atoms with Crippen molar-refractivity contribution in [1.29, 1.82) is 0 Å². The van der Waals surface area contributed by atoms with Gasteiger partial charge in [-0.05, 0) is 43.7 Å². The molecule has 1 saturated carbocycles. The second kappa shape index (κ2) is 6.79. The minimum atomic E-state index is 0.580. The van der Waals surface area contributed by atoms with Gasteiger partial charge in [-0.2, -0.15) is 0 Å². The Morgan fingerprint density at radius 1 is 1.28 bits per heavy atom. The minimum Gasteiger partial charge on any atom is -0.384 e. The lowest BCUT2D eigenvalue weighted by Crippen LogP contribution is -2.24. The molecular weight excluding hydrogens is 222 g/mol. The molecule has 1 atom stereocenters. The Balaban J connectivity index is 1.98. The van der Waals surface area contributed by atoms with Crippen LogP contribution in [0.15, 0.2) is 24.3 Å². The van der Waals surface area contributed by atoms with Crippen molar-refractivity contribution >= 4 is 5.69 Å². The average Bonchev–Trinajstić information content (AvgIpc) is 2.91. The Labute approximate surface area is 111 Å². The summed E-state index contributed by atoms with van der Waals surface area (Å²) in [5, 5.41) is 3.71. The number of anilines is 1. The summed E-state index contributed by atoms with van der Waals surface area (Å²) >= 11 is 0. The first-order valence-corrected chi connectivity index (χ1v) is 7.14. The van der Waals surface area contributed by atoms with Crippen LogP contribution in [0.2, 0.25) is 0 Å². The summed E-state index contributed by atoms with van der Waals surface area (Å²) < 4.78 is 5.18. The van der Waals surface area contributed by atoms with Crippen molar-refractivity contribution in [3.63, 3.8) is 0 Å². The van der Waals surface area contributed by atoms with E-state index in [1.807, 2.05) is 0 Å². The van der Waals surface area contributed by atoms with E-state index in [1.165, 1.54) is 36.9 Å². The fourth-order valence-electron chi connectivity index (χ4n) is 2.91. The predicted molar refractivity (Wildman–Crippen MR) is 77.1 cm³/mol. The van der Waals surface area contributed by atoms with Crippen molar-refractivity contribution in [2.45, 2.75) is 45.1 Å². The van der Waals surface area contributed by atoms with E-state index in [4.69, 9.17) is 4.74 Å². The lowest BCUT2D eigenvalue weighted by atomic mass is 9.99. The quantitative estimate of drug-likeness (QED) is 0.824. The zero-order chi connectivity index (χ0) is 12.8. The van der Waals surface area contributed by atoms with Crippen LogP contribution in [0.4, 0.5) is 5.69 Å². The maximum absolute atomic E-state index is 5.18. The van der Waals surface area contributed by atoms with Gasteiger partial charge in [0.25, 0.3) is 0 Å². The van der Waals surface area contributed by atoms with Crippen LogP contribution in [0.5, 0.6) is 0 Å². The van der Waals surface area contributed by atoms with Gasteiger partial charge in [0.1, 0.15) is 0 Å². The molecule has 1 N–H and O–H groups in total. The number of hydrogen-bond acceptors (Lipinski definition) is 2. The van der Waals surface area contributed by atoms with Gasteiger partial charge in [-0.1, -0.05) is 31.0 Å². The first-order valence-electron chi connectivity index (χ1n) is 7.14. The third-order valence-electron chi connectivity index (χ3n) is 4.08. The molecule has 100 valence electrons. The van der Waals surface area contributed by atoms with Gasteiger partial charge < -0.3 is 10.1 Å². The normalized spacial score (nSPS) is 17.9. The van der Waals surface area contributed by atoms with Gasteiger partial charge in [0.2, 0.25) is 0 Å². The summed E-state index contributed by atoms with van der Waals surface area (Å²) in [5.74, 6) is 0.848. The summed E-state index contributed by atoms with van der Waals surface area (Å²) in [7, 11) is 1.76. The van der Waals surface area contributed by atoms with Crippen LogP contribution in [-0.2, 0) is 11.2 Å². The maximum Gasteiger partial charge on any atom is 0.0503 e. The van der Waals surface area contributed by atoms with E-state index >= 15 is 0 Å². The number of benzene rings is 1. The van der Waals surface area contributed by atoms with Gasteiger partial charge in [0.05, 0.1) is 6.61 Å². The highest BCUT2D eigenvalue weighted by Crippen LogP contribution is 2.30. The molecule has 18 heavy (non-hydrogen) atoms. The molecule has 0 aromatic heterocycles. The summed E-state index contributed by atoms with van der Waals surface area (Å²) in [6, 6.07) is 9.19. The molecule has 0 saturated heterocycles. The molecule has 0 heterocycles. The van der Waals surface area contributed by atoms with E-state index in [1.54, 1.807) is 7.11 Å². The number of nitrogens with one attached hydrogen (secondary N) is 1. The first kappa shape index (κ1) is 13.4. The van der Waals surface area contributed by atoms with E-state index in [0.717, 1.165) is 18.9 Å². The van der Waals surface area contributed by atoms with E-state index in [9.17, 15) is 0 Å². The summed E-state index contributed by atoms with van der Waals surface area (Å²) in [6.45, 7) is 3.11. The molecule has 1 aliphatic rings. The Hall–Kier alpha value is -1.02. The molecule has 0 spiro atoms. The molecule has 1 fully saturated rings. The average molecular weight is 247 g/mol. The number of para-hydroxylation sites is 1. The molecule has 0 aliphatic heterocycles. The molecule has 1 unspecified atom stereocenters. The Morgan fingerprint density at radius 3 is 2.72 bits per heavy atom. The summed E-state index contributed by atoms with van der Waals surface area (Å²) in [4.78, 5) is 0. The van der Waals surface area contributed by atoms with E-state index in [-0.39, 0.29) is 0 Å². The zero-order valence-corrected chi connectivity index (χ0v) is 11.6. The van der Waals surface area contributed by atoms with Gasteiger partial charge >= 0.3 is 0 Å². The molecule has 0 bridgehead atoms. The Morgan fingerprint density at radius 2 is 2.00 bits per heavy atom. The fourth-order valence-corrected chi connectivity index (χ4v) is 2.91. The molecule has 1 aromatic rings. The highest BCUT2D eigenvalue weighted by molar-refractivity contribution is 5.51. The van der Waals surface area contributed by atoms with Gasteiger partial charge in [-0.3, -0.25) is 0 Å². The van der Waals surface area contributed by atoms with Crippen LogP contribution in [0, 0.1) is 5.92 Å². The smallest absolute Gasteiger partial charge is 0.0503 e. The largest absolute Gasteiger partial charge is 0.384 e. The van der Waals surface area contributed by atoms with E-state index < -0.39 is 0 Å². The van der Waals surface area contributed by atoms with Gasteiger partial charge in [0, 0.05) is 18.8 Å². The predicted octanol–water partition coefficient (Wildman–Crippen LogP) is 3.87. The van der Waals surface area contributed by atoms with Crippen LogP contribution in [0.1, 0.15) is 38.2 Å². The maximum atomic E-state index is 5.18. The third-order valence-corrected chi connectivity index (χ3v) is 4.08. The molecule has 0 radical (unpaired) electrons. The number of ether oxygens (including phenoxy) is 1. The molecule has 0 amide bonds. The van der Waals surface area contributed by atoms with E-state index in [2.05, 4.69) is 36.5 Å². The highest BCUT2D eigenvalue weighted by atomic mass is 16.5. The van der Waals surface area contributed by atoms with Crippen molar-refractivity contribution in [3.05, 3.63) is 29.8 Å². The SMILES string of the molecule is COCCc1ccccc1NC(C)C1CCCC1. The second-order valence-corrected chi connectivity index (χ2v) is 5.38. The van der Waals surface area contributed by atoms with Crippen LogP contribution in [-0.4, -0.2) is 19.8 Å². The Kier molecular flexibility index (Phi) is 5.06. The highest BCUT2D eigenvalue weighted by Gasteiger charge is 2.21. The number of rotatable bonds is 6. The van der Waals surface area contributed by atoms with Crippen molar-refractivity contribution in [1.82, 2.24) is 0 Å². The molecule has 2 rings (SSSR count). The van der Waals surface area contributed by atoms with Crippen molar-refractivity contribution in [3.8, 4) is 0 Å². The molecule has 2 heteroatoms. The minimum absolute atomic E-state index is 0.580. The first-order chi connectivity index (χ1) is 8.81. The van der Waals surface area contributed by atoms with Gasteiger partial charge in [-0.15, -0.1) is 0 Å². The zero-order valence-electron chi connectivity index (χ0n) is 11.6. The lowest BCUT2D eigenvalue weighted by molar-refractivity contribution is 0.202. The Bertz CT molecular complexity index is 358. The number of methoxy groups -OCH3 is 1. The van der Waals surface area contributed by atoms with Crippen molar-refractivity contribution in [2.75, 3.05) is 19.0 Å². The van der Waals surface area contributed by atoms with E-state index in [0.29, 0.717) is 6.04 Å². The van der Waals surface area contributed by atoms with Crippen LogP contribution < -0.4 is 5.32 Å². The van der Waals surface area contributed by atoms with Crippen molar-refractivity contribution < 1.29 is 4.74 Å². The number of hydrogen-bond donors (Lipinski definition) is 1. The molecule has 1 aromatic carbocycles. The molecular formula is C16H25NO. The molecule has 1 aliphatic carbocycles. The third kappa shape index (κ3) is 3.49. The van der Waals surface area contributed by atoms with Crippen LogP contribution >= 0.6 is 0 Å². The van der Waals surface area contributed by atoms with Gasteiger partial charge in [-0.25, -0.2) is 0 Å². The lowest BCUT2D eigenvalue weighted by Gasteiger charge is -2.23. The molecule has 2 nitrogen and oxygen atoms in total. The summed E-state index contributed by atoms with van der Waals surface area (Å²) in [5.41, 5.74) is 2.65. The standard InChI is InChI=1S/C16H25NO/c1-13(14-7-3-4-8-14)17-16-10-6-5-9-15(16)11-12-18-2/h5-6,9-10,13-14,17H,3-4,7-8,11-12H2,1-2H3. The monoisotopic (exact) mass is 247 g/mol. The van der Waals surface area contributed by atoms with Gasteiger partial charge in [0.15, 0.2) is 0 Å².